The molecule has 18 heavy (non-hydrogen) atoms. The van der Waals surface area contributed by atoms with Crippen LogP contribution in [0.5, 0.6) is 0 Å². The number of anilines is 1. The molecular weight excluding hydrogens is 230 g/mol. The Morgan fingerprint density at radius 3 is 2.89 bits per heavy atom. The van der Waals surface area contributed by atoms with Crippen LogP contribution >= 0.6 is 0 Å². The SMILES string of the molecule is Cn1ccc(-c2nc(-c3cccc(N)c3)no2)n1. The zero-order chi connectivity index (χ0) is 12.5. The molecule has 0 spiro atoms. The Morgan fingerprint density at radius 1 is 1.28 bits per heavy atom. The van der Waals surface area contributed by atoms with Crippen LogP contribution in [0.3, 0.4) is 0 Å². The molecule has 0 fully saturated rings. The number of aromatic nitrogens is 4. The fourth-order valence-corrected chi connectivity index (χ4v) is 1.65. The van der Waals surface area contributed by atoms with Crippen molar-refractivity contribution in [2.24, 2.45) is 7.05 Å². The van der Waals surface area contributed by atoms with Crippen LogP contribution in [0.25, 0.3) is 23.0 Å². The maximum Gasteiger partial charge on any atom is 0.278 e. The van der Waals surface area contributed by atoms with Gasteiger partial charge in [0.05, 0.1) is 0 Å². The lowest BCUT2D eigenvalue weighted by Crippen LogP contribution is -1.88. The van der Waals surface area contributed by atoms with E-state index in [9.17, 15) is 0 Å². The molecule has 0 aliphatic carbocycles. The second-order valence-electron chi connectivity index (χ2n) is 3.92. The standard InChI is InChI=1S/C12H11N5O/c1-17-6-5-10(15-17)12-14-11(16-18-12)8-3-2-4-9(13)7-8/h2-7H,13H2,1H3. The van der Waals surface area contributed by atoms with Crippen LogP contribution in [0.15, 0.2) is 41.1 Å². The van der Waals surface area contributed by atoms with Crippen molar-refractivity contribution in [3.8, 4) is 23.0 Å². The molecule has 3 aromatic rings. The minimum absolute atomic E-state index is 0.396. The Morgan fingerprint density at radius 2 is 2.17 bits per heavy atom. The van der Waals surface area contributed by atoms with Crippen LogP contribution in [0, 0.1) is 0 Å². The quantitative estimate of drug-likeness (QED) is 0.691. The third-order valence-corrected chi connectivity index (χ3v) is 2.50. The van der Waals surface area contributed by atoms with E-state index in [1.54, 1.807) is 10.7 Å². The van der Waals surface area contributed by atoms with E-state index in [4.69, 9.17) is 10.3 Å². The number of nitrogens with zero attached hydrogens (tertiary/aromatic N) is 4. The lowest BCUT2D eigenvalue weighted by atomic mass is 10.2. The largest absolute Gasteiger partial charge is 0.399 e. The summed E-state index contributed by atoms with van der Waals surface area (Å²) in [5.41, 5.74) is 7.85. The van der Waals surface area contributed by atoms with Gasteiger partial charge in [-0.2, -0.15) is 10.1 Å². The van der Waals surface area contributed by atoms with Gasteiger partial charge in [0.15, 0.2) is 5.69 Å². The number of benzene rings is 1. The Hall–Kier alpha value is -2.63. The molecule has 0 aliphatic rings. The van der Waals surface area contributed by atoms with Crippen molar-refractivity contribution in [3.05, 3.63) is 36.5 Å². The number of nitrogens with two attached hydrogens (primary N) is 1. The molecule has 2 aromatic heterocycles. The second kappa shape index (κ2) is 3.99. The van der Waals surface area contributed by atoms with E-state index < -0.39 is 0 Å². The van der Waals surface area contributed by atoms with E-state index >= 15 is 0 Å². The number of aryl methyl sites for hydroxylation is 1. The molecule has 90 valence electrons. The summed E-state index contributed by atoms with van der Waals surface area (Å²) in [6, 6.07) is 9.15. The molecule has 3 rings (SSSR count). The molecule has 0 aliphatic heterocycles. The first-order valence-electron chi connectivity index (χ1n) is 5.42. The van der Waals surface area contributed by atoms with Crippen LogP contribution in [-0.4, -0.2) is 19.9 Å². The Labute approximate surface area is 103 Å². The molecule has 1 aromatic carbocycles. The topological polar surface area (TPSA) is 82.8 Å². The van der Waals surface area contributed by atoms with Gasteiger partial charge in [0.25, 0.3) is 5.89 Å². The Bertz CT molecular complexity index is 685. The molecule has 6 heteroatoms. The van der Waals surface area contributed by atoms with Crippen LogP contribution in [0.1, 0.15) is 0 Å². The van der Waals surface area contributed by atoms with Crippen LogP contribution in [0.2, 0.25) is 0 Å². The van der Waals surface area contributed by atoms with Crippen LogP contribution < -0.4 is 5.73 Å². The number of hydrogen-bond acceptors (Lipinski definition) is 5. The lowest BCUT2D eigenvalue weighted by molar-refractivity contribution is 0.430. The first-order chi connectivity index (χ1) is 8.72. The first kappa shape index (κ1) is 10.5. The predicted octanol–water partition coefficient (Wildman–Crippen LogP) is 1.72. The van der Waals surface area contributed by atoms with E-state index in [0.29, 0.717) is 23.1 Å². The van der Waals surface area contributed by atoms with Gasteiger partial charge in [0, 0.05) is 24.5 Å². The normalized spacial score (nSPS) is 10.7. The fraction of sp³-hybridized carbons (Fsp3) is 0.0833. The average Bonchev–Trinajstić information content (AvgIpc) is 2.97. The lowest BCUT2D eigenvalue weighted by Gasteiger charge is -1.95. The van der Waals surface area contributed by atoms with Crippen molar-refractivity contribution < 1.29 is 4.52 Å². The van der Waals surface area contributed by atoms with Crippen molar-refractivity contribution in [1.82, 2.24) is 19.9 Å². The maximum absolute atomic E-state index is 5.72. The Kier molecular flexibility index (Phi) is 2.33. The zero-order valence-electron chi connectivity index (χ0n) is 9.74. The van der Waals surface area contributed by atoms with Gasteiger partial charge < -0.3 is 10.3 Å². The summed E-state index contributed by atoms with van der Waals surface area (Å²) < 4.78 is 6.86. The molecule has 0 radical (unpaired) electrons. The summed E-state index contributed by atoms with van der Waals surface area (Å²) >= 11 is 0. The van der Waals surface area contributed by atoms with E-state index in [0.717, 1.165) is 5.56 Å². The molecule has 0 saturated heterocycles. The van der Waals surface area contributed by atoms with Gasteiger partial charge in [-0.1, -0.05) is 17.3 Å². The van der Waals surface area contributed by atoms with E-state index in [2.05, 4.69) is 15.2 Å². The number of rotatable bonds is 2. The highest BCUT2D eigenvalue weighted by atomic mass is 16.5. The van der Waals surface area contributed by atoms with Crippen molar-refractivity contribution in [3.63, 3.8) is 0 Å². The summed E-state index contributed by atoms with van der Waals surface area (Å²) in [5, 5.41) is 8.12. The van der Waals surface area contributed by atoms with E-state index in [1.165, 1.54) is 0 Å². The average molecular weight is 241 g/mol. The van der Waals surface area contributed by atoms with Gasteiger partial charge in [0.2, 0.25) is 5.82 Å². The highest BCUT2D eigenvalue weighted by molar-refractivity contribution is 5.62. The number of nitrogen functional groups attached to an aromatic ring is 1. The highest BCUT2D eigenvalue weighted by Gasteiger charge is 2.12. The fourth-order valence-electron chi connectivity index (χ4n) is 1.65. The minimum atomic E-state index is 0.396. The van der Waals surface area contributed by atoms with Crippen molar-refractivity contribution >= 4 is 5.69 Å². The van der Waals surface area contributed by atoms with Crippen molar-refractivity contribution in [1.29, 1.82) is 0 Å². The van der Waals surface area contributed by atoms with E-state index in [1.807, 2.05) is 37.5 Å². The zero-order valence-corrected chi connectivity index (χ0v) is 9.74. The van der Waals surface area contributed by atoms with Gasteiger partial charge in [-0.25, -0.2) is 0 Å². The summed E-state index contributed by atoms with van der Waals surface area (Å²) in [6.07, 6.45) is 1.82. The van der Waals surface area contributed by atoms with Gasteiger partial charge in [-0.3, -0.25) is 4.68 Å². The van der Waals surface area contributed by atoms with E-state index in [-0.39, 0.29) is 0 Å². The third kappa shape index (κ3) is 1.84. The molecule has 6 nitrogen and oxygen atoms in total. The number of hydrogen-bond donors (Lipinski definition) is 1. The maximum atomic E-state index is 5.72. The molecular formula is C12H11N5O. The van der Waals surface area contributed by atoms with Gasteiger partial charge >= 0.3 is 0 Å². The summed E-state index contributed by atoms with van der Waals surface area (Å²) in [5.74, 6) is 0.899. The molecule has 0 bridgehead atoms. The minimum Gasteiger partial charge on any atom is -0.399 e. The van der Waals surface area contributed by atoms with Crippen molar-refractivity contribution in [2.75, 3.05) is 5.73 Å². The summed E-state index contributed by atoms with van der Waals surface area (Å²) in [4.78, 5) is 4.30. The van der Waals surface area contributed by atoms with Crippen molar-refractivity contribution in [2.45, 2.75) is 0 Å². The third-order valence-electron chi connectivity index (χ3n) is 2.50. The second-order valence-corrected chi connectivity index (χ2v) is 3.92. The van der Waals surface area contributed by atoms with Crippen LogP contribution in [0.4, 0.5) is 5.69 Å². The molecule has 2 heterocycles. The van der Waals surface area contributed by atoms with Gasteiger partial charge in [-0.15, -0.1) is 0 Å². The molecule has 0 amide bonds. The highest BCUT2D eigenvalue weighted by Crippen LogP contribution is 2.21. The molecule has 0 atom stereocenters. The summed E-state index contributed by atoms with van der Waals surface area (Å²) in [7, 11) is 1.83. The first-order valence-corrected chi connectivity index (χ1v) is 5.42. The van der Waals surface area contributed by atoms with Crippen LogP contribution in [-0.2, 0) is 7.05 Å². The molecule has 0 unspecified atom stereocenters. The summed E-state index contributed by atoms with van der Waals surface area (Å²) in [6.45, 7) is 0. The molecule has 2 N–H and O–H groups in total. The predicted molar refractivity (Wildman–Crippen MR) is 66.3 cm³/mol. The monoisotopic (exact) mass is 241 g/mol. The van der Waals surface area contributed by atoms with Gasteiger partial charge in [-0.05, 0) is 18.2 Å². The van der Waals surface area contributed by atoms with Gasteiger partial charge in [0.1, 0.15) is 0 Å². The smallest absolute Gasteiger partial charge is 0.278 e. The molecule has 0 saturated carbocycles. The Balaban J connectivity index is 1.99.